The number of morpholine rings is 1. The Hall–Kier alpha value is -2.24. The van der Waals surface area contributed by atoms with Crippen molar-refractivity contribution in [3.63, 3.8) is 0 Å². The molecule has 0 atom stereocenters. The number of nitrogens with zero attached hydrogens (tertiary/aromatic N) is 6. The highest BCUT2D eigenvalue weighted by atomic mass is 16.5. The van der Waals surface area contributed by atoms with Gasteiger partial charge in [-0.05, 0) is 16.8 Å². The fraction of sp³-hybridized carbons (Fsp3) is 0.625. The van der Waals surface area contributed by atoms with E-state index >= 15 is 0 Å². The summed E-state index contributed by atoms with van der Waals surface area (Å²) in [6.07, 6.45) is 8.04. The molecule has 1 amide bonds. The number of carbonyl (C=O) groups is 1. The van der Waals surface area contributed by atoms with Gasteiger partial charge in [-0.15, -0.1) is 18.1 Å². The molecule has 1 aromatic heterocycles. The van der Waals surface area contributed by atoms with Crippen LogP contribution in [0.2, 0.25) is 0 Å². The van der Waals surface area contributed by atoms with Crippen molar-refractivity contribution >= 4 is 5.91 Å². The Balaban J connectivity index is 1.80. The molecule has 0 N–H and O–H groups in total. The molecule has 0 saturated carbocycles. The lowest BCUT2D eigenvalue weighted by Gasteiger charge is -2.25. The number of terminal acetylenes is 1. The number of tetrazole rings is 1. The minimum Gasteiger partial charge on any atom is -0.379 e. The van der Waals surface area contributed by atoms with Gasteiger partial charge in [-0.2, -0.15) is 0 Å². The first-order valence-electron chi connectivity index (χ1n) is 8.12. The molecule has 8 heteroatoms. The zero-order valence-corrected chi connectivity index (χ0v) is 13.9. The number of ether oxygens (including phenoxy) is 1. The third-order valence-corrected chi connectivity index (χ3v) is 3.82. The highest BCUT2D eigenvalue weighted by Gasteiger charge is 2.16. The Morgan fingerprint density at radius 1 is 1.46 bits per heavy atom. The van der Waals surface area contributed by atoms with Gasteiger partial charge >= 0.3 is 0 Å². The van der Waals surface area contributed by atoms with Crippen LogP contribution in [0.1, 0.15) is 18.7 Å². The van der Waals surface area contributed by atoms with Gasteiger partial charge in [0.25, 0.3) is 0 Å². The predicted molar refractivity (Wildman–Crippen MR) is 88.8 cm³/mol. The number of rotatable bonds is 9. The van der Waals surface area contributed by atoms with E-state index in [1.165, 1.54) is 0 Å². The van der Waals surface area contributed by atoms with E-state index < -0.39 is 0 Å². The van der Waals surface area contributed by atoms with Gasteiger partial charge in [0.15, 0.2) is 5.82 Å². The number of hydrogen-bond acceptors (Lipinski definition) is 6. The maximum Gasteiger partial charge on any atom is 0.223 e. The van der Waals surface area contributed by atoms with Crippen molar-refractivity contribution < 1.29 is 9.53 Å². The third-order valence-electron chi connectivity index (χ3n) is 3.82. The SMILES string of the molecule is C#CCN(CC=C)C(=O)CCCn1nnnc1CN1CCOCC1. The number of aryl methyl sites for hydroxylation is 1. The maximum absolute atomic E-state index is 12.2. The van der Waals surface area contributed by atoms with Crippen molar-refractivity contribution in [2.75, 3.05) is 39.4 Å². The van der Waals surface area contributed by atoms with Crippen LogP contribution in [-0.2, 0) is 22.6 Å². The molecule has 1 saturated heterocycles. The minimum absolute atomic E-state index is 0.0238. The quantitative estimate of drug-likeness (QED) is 0.465. The summed E-state index contributed by atoms with van der Waals surface area (Å²) in [4.78, 5) is 16.0. The Kier molecular flexibility index (Phi) is 7.39. The van der Waals surface area contributed by atoms with Crippen molar-refractivity contribution in [2.24, 2.45) is 0 Å². The highest BCUT2D eigenvalue weighted by Crippen LogP contribution is 2.06. The molecule has 1 aliphatic rings. The molecule has 2 rings (SSSR count). The van der Waals surface area contributed by atoms with Crippen LogP contribution in [0.3, 0.4) is 0 Å². The molecule has 0 unspecified atom stereocenters. The molecule has 1 aliphatic heterocycles. The van der Waals surface area contributed by atoms with E-state index in [9.17, 15) is 4.79 Å². The fourth-order valence-corrected chi connectivity index (χ4v) is 2.53. The van der Waals surface area contributed by atoms with Crippen LogP contribution in [0.25, 0.3) is 0 Å². The van der Waals surface area contributed by atoms with Crippen LogP contribution in [0, 0.1) is 12.3 Å². The van der Waals surface area contributed by atoms with Crippen molar-refractivity contribution in [1.29, 1.82) is 0 Å². The number of hydrogen-bond donors (Lipinski definition) is 0. The topological polar surface area (TPSA) is 76.4 Å². The van der Waals surface area contributed by atoms with Gasteiger partial charge < -0.3 is 9.64 Å². The predicted octanol–water partition coefficient (Wildman–Crippen LogP) is -0.0667. The summed E-state index contributed by atoms with van der Waals surface area (Å²) in [5.41, 5.74) is 0. The molecular weight excluding hydrogens is 308 g/mol. The summed E-state index contributed by atoms with van der Waals surface area (Å²) in [6, 6.07) is 0. The van der Waals surface area contributed by atoms with Crippen LogP contribution in [0.5, 0.6) is 0 Å². The van der Waals surface area contributed by atoms with Crippen LogP contribution >= 0.6 is 0 Å². The smallest absolute Gasteiger partial charge is 0.223 e. The van der Waals surface area contributed by atoms with Gasteiger partial charge in [-0.25, -0.2) is 4.68 Å². The Bertz CT molecular complexity index is 573. The monoisotopic (exact) mass is 332 g/mol. The van der Waals surface area contributed by atoms with E-state index in [1.54, 1.807) is 15.7 Å². The van der Waals surface area contributed by atoms with Gasteiger partial charge in [-0.1, -0.05) is 12.0 Å². The minimum atomic E-state index is 0.0238. The average Bonchev–Trinajstić information content (AvgIpc) is 3.02. The summed E-state index contributed by atoms with van der Waals surface area (Å²) in [5.74, 6) is 3.34. The molecule has 0 aliphatic carbocycles. The largest absolute Gasteiger partial charge is 0.379 e. The lowest BCUT2D eigenvalue weighted by molar-refractivity contribution is -0.130. The maximum atomic E-state index is 12.2. The second-order valence-electron chi connectivity index (χ2n) is 5.58. The molecule has 24 heavy (non-hydrogen) atoms. The van der Waals surface area contributed by atoms with Gasteiger partial charge in [-0.3, -0.25) is 9.69 Å². The molecule has 0 radical (unpaired) electrons. The van der Waals surface area contributed by atoms with Crippen LogP contribution in [0.15, 0.2) is 12.7 Å². The summed E-state index contributed by atoms with van der Waals surface area (Å²) < 4.78 is 7.10. The van der Waals surface area contributed by atoms with E-state index in [0.29, 0.717) is 39.0 Å². The molecule has 0 aromatic carbocycles. The van der Waals surface area contributed by atoms with Gasteiger partial charge in [0, 0.05) is 32.6 Å². The van der Waals surface area contributed by atoms with Gasteiger partial charge in [0.05, 0.1) is 26.3 Å². The zero-order valence-electron chi connectivity index (χ0n) is 13.9. The molecular formula is C16H24N6O2. The molecule has 130 valence electrons. The van der Waals surface area contributed by atoms with Crippen molar-refractivity contribution in [3.8, 4) is 12.3 Å². The molecule has 1 aromatic rings. The highest BCUT2D eigenvalue weighted by molar-refractivity contribution is 5.76. The number of amides is 1. The summed E-state index contributed by atoms with van der Waals surface area (Å²) >= 11 is 0. The second-order valence-corrected chi connectivity index (χ2v) is 5.58. The van der Waals surface area contributed by atoms with E-state index in [1.807, 2.05) is 0 Å². The van der Waals surface area contributed by atoms with Crippen molar-refractivity contribution in [1.82, 2.24) is 30.0 Å². The van der Waals surface area contributed by atoms with E-state index in [0.717, 1.165) is 32.1 Å². The van der Waals surface area contributed by atoms with E-state index in [2.05, 4.69) is 32.9 Å². The second kappa shape index (κ2) is 9.80. The van der Waals surface area contributed by atoms with E-state index in [4.69, 9.17) is 11.2 Å². The van der Waals surface area contributed by atoms with Gasteiger partial charge in [0.1, 0.15) is 0 Å². The molecule has 0 spiro atoms. The summed E-state index contributed by atoms with van der Waals surface area (Å²) in [6.45, 7) is 8.97. The third kappa shape index (κ3) is 5.44. The first-order chi connectivity index (χ1) is 11.7. The molecule has 2 heterocycles. The van der Waals surface area contributed by atoms with Crippen LogP contribution in [0.4, 0.5) is 0 Å². The molecule has 0 bridgehead atoms. The lowest BCUT2D eigenvalue weighted by atomic mass is 10.2. The lowest BCUT2D eigenvalue weighted by Crippen LogP contribution is -2.36. The molecule has 1 fully saturated rings. The van der Waals surface area contributed by atoms with Gasteiger partial charge in [0.2, 0.25) is 5.91 Å². The summed E-state index contributed by atoms with van der Waals surface area (Å²) in [5, 5.41) is 11.9. The Morgan fingerprint density at radius 3 is 2.96 bits per heavy atom. The summed E-state index contributed by atoms with van der Waals surface area (Å²) in [7, 11) is 0. The van der Waals surface area contributed by atoms with Crippen molar-refractivity contribution in [3.05, 3.63) is 18.5 Å². The van der Waals surface area contributed by atoms with Crippen LogP contribution in [-0.4, -0.2) is 75.3 Å². The number of carbonyl (C=O) groups excluding carboxylic acids is 1. The normalized spacial score (nSPS) is 15.0. The standard InChI is InChI=1S/C16H24N6O2/c1-3-7-21(8-4-2)16(23)6-5-9-22-15(17-18-19-22)14-20-10-12-24-13-11-20/h1,4H,2,5-14H2. The average molecular weight is 332 g/mol. The Labute approximate surface area is 142 Å². The Morgan fingerprint density at radius 2 is 2.25 bits per heavy atom. The first kappa shape index (κ1) is 18.1. The van der Waals surface area contributed by atoms with Crippen LogP contribution < -0.4 is 0 Å². The fourth-order valence-electron chi connectivity index (χ4n) is 2.53. The van der Waals surface area contributed by atoms with E-state index in [-0.39, 0.29) is 5.91 Å². The number of aromatic nitrogens is 4. The molecule has 8 nitrogen and oxygen atoms in total. The van der Waals surface area contributed by atoms with Crippen molar-refractivity contribution in [2.45, 2.75) is 25.9 Å². The first-order valence-corrected chi connectivity index (χ1v) is 8.12. The zero-order chi connectivity index (χ0) is 17.2.